The van der Waals surface area contributed by atoms with Gasteiger partial charge in [0.05, 0.1) is 30.4 Å². The lowest BCUT2D eigenvalue weighted by atomic mass is 10.2. The molecule has 9 heteroatoms. The Bertz CT molecular complexity index is 697. The van der Waals surface area contributed by atoms with Gasteiger partial charge in [-0.2, -0.15) is 0 Å². The summed E-state index contributed by atoms with van der Waals surface area (Å²) in [5, 5.41) is 0. The van der Waals surface area contributed by atoms with Crippen LogP contribution in [0.25, 0.3) is 0 Å². The number of rotatable bonds is 3. The number of hydrogen-bond donors (Lipinski definition) is 1. The number of anilines is 2. The lowest BCUT2D eigenvalue weighted by molar-refractivity contribution is 0.316. The number of benzene rings is 1. The van der Waals surface area contributed by atoms with Crippen LogP contribution in [0.1, 0.15) is 0 Å². The van der Waals surface area contributed by atoms with E-state index in [1.165, 1.54) is 16.4 Å². The smallest absolute Gasteiger partial charge is 0.232 e. The summed E-state index contributed by atoms with van der Waals surface area (Å²) in [6, 6.07) is 4.50. The fourth-order valence-corrected chi connectivity index (χ4v) is 3.28. The Morgan fingerprint density at radius 2 is 1.89 bits per heavy atom. The zero-order valence-corrected chi connectivity index (χ0v) is 12.1. The molecule has 0 amide bonds. The Morgan fingerprint density at radius 1 is 1.21 bits per heavy atom. The Kier molecular flexibility index (Phi) is 3.35. The minimum Gasteiger partial charge on any atom is -0.489 e. The van der Waals surface area contributed by atoms with Gasteiger partial charge in [-0.15, -0.1) is 0 Å². The normalized spacial score (nSPS) is 15.6. The third-order valence-corrected chi connectivity index (χ3v) is 4.27. The van der Waals surface area contributed by atoms with Crippen molar-refractivity contribution in [3.8, 4) is 5.75 Å². The first-order chi connectivity index (χ1) is 8.67. The van der Waals surface area contributed by atoms with Crippen molar-refractivity contribution in [2.75, 3.05) is 34.7 Å². The second-order valence-electron chi connectivity index (χ2n) is 4.24. The van der Waals surface area contributed by atoms with Gasteiger partial charge in [0.1, 0.15) is 12.4 Å². The molecule has 0 aliphatic carbocycles. The molecular weight excluding hydrogens is 292 g/mol. The van der Waals surface area contributed by atoms with E-state index in [4.69, 9.17) is 4.74 Å². The van der Waals surface area contributed by atoms with Crippen molar-refractivity contribution >= 4 is 31.4 Å². The average Bonchev–Trinajstić information content (AvgIpc) is 2.24. The lowest BCUT2D eigenvalue weighted by Crippen LogP contribution is -2.37. The quantitative estimate of drug-likeness (QED) is 0.862. The number of ether oxygens (including phenoxy) is 1. The summed E-state index contributed by atoms with van der Waals surface area (Å²) >= 11 is 0. The maximum atomic E-state index is 11.7. The summed E-state index contributed by atoms with van der Waals surface area (Å²) < 4.78 is 54.5. The zero-order valence-electron chi connectivity index (χ0n) is 10.5. The summed E-state index contributed by atoms with van der Waals surface area (Å²) in [4.78, 5) is 0. The molecule has 1 aliphatic rings. The number of hydrogen-bond acceptors (Lipinski definition) is 5. The first-order valence-electron chi connectivity index (χ1n) is 5.39. The van der Waals surface area contributed by atoms with Crippen LogP contribution in [-0.4, -0.2) is 42.5 Å². The van der Waals surface area contributed by atoms with E-state index in [0.29, 0.717) is 17.1 Å². The predicted molar refractivity (Wildman–Crippen MR) is 72.6 cm³/mol. The maximum absolute atomic E-state index is 11.7. The molecule has 1 aromatic carbocycles. The van der Waals surface area contributed by atoms with E-state index < -0.39 is 20.0 Å². The van der Waals surface area contributed by atoms with Gasteiger partial charge in [-0.3, -0.25) is 9.03 Å². The van der Waals surface area contributed by atoms with E-state index in [1.807, 2.05) is 0 Å². The van der Waals surface area contributed by atoms with Gasteiger partial charge >= 0.3 is 0 Å². The predicted octanol–water partition coefficient (Wildman–Crippen LogP) is 0.216. The van der Waals surface area contributed by atoms with Crippen LogP contribution in [-0.2, 0) is 20.0 Å². The van der Waals surface area contributed by atoms with E-state index in [-0.39, 0.29) is 13.2 Å². The van der Waals surface area contributed by atoms with Gasteiger partial charge in [0.2, 0.25) is 20.0 Å². The number of fused-ring (bicyclic) bond motifs is 1. The fraction of sp³-hybridized carbons (Fsp3) is 0.400. The Morgan fingerprint density at radius 3 is 2.47 bits per heavy atom. The van der Waals surface area contributed by atoms with Gasteiger partial charge in [-0.1, -0.05) is 0 Å². The molecule has 0 saturated heterocycles. The molecule has 2 rings (SSSR count). The van der Waals surface area contributed by atoms with Crippen LogP contribution in [0.5, 0.6) is 5.75 Å². The highest BCUT2D eigenvalue weighted by Gasteiger charge is 2.25. The molecule has 1 aromatic rings. The van der Waals surface area contributed by atoms with Gasteiger partial charge in [-0.05, 0) is 18.2 Å². The lowest BCUT2D eigenvalue weighted by Gasteiger charge is -2.29. The summed E-state index contributed by atoms with van der Waals surface area (Å²) in [5.74, 6) is 0.413. The molecule has 1 heterocycles. The van der Waals surface area contributed by atoms with Crippen LogP contribution in [0.2, 0.25) is 0 Å². The standard InChI is InChI=1S/C10H14N2O5S2/c1-18(13,14)11-8-3-4-10-9(7-8)12(5-6-17-10)19(2,15)16/h3-4,7,11H,5-6H2,1-2H3. The third-order valence-electron chi connectivity index (χ3n) is 2.48. The molecule has 19 heavy (non-hydrogen) atoms. The summed E-state index contributed by atoms with van der Waals surface area (Å²) in [5.41, 5.74) is 0.628. The molecule has 0 unspecified atom stereocenters. The van der Waals surface area contributed by atoms with Gasteiger partial charge in [0.15, 0.2) is 0 Å². The average molecular weight is 306 g/mol. The Labute approximate surface area is 112 Å². The summed E-state index contributed by atoms with van der Waals surface area (Å²) in [7, 11) is -6.84. The van der Waals surface area contributed by atoms with Crippen LogP contribution >= 0.6 is 0 Å². The van der Waals surface area contributed by atoms with Gasteiger partial charge in [0, 0.05) is 0 Å². The Hall–Kier alpha value is -1.48. The van der Waals surface area contributed by atoms with Crippen LogP contribution in [0, 0.1) is 0 Å². The highest BCUT2D eigenvalue weighted by atomic mass is 32.2. The van der Waals surface area contributed by atoms with Crippen LogP contribution in [0.15, 0.2) is 18.2 Å². The van der Waals surface area contributed by atoms with Crippen molar-refractivity contribution in [3.63, 3.8) is 0 Å². The molecule has 106 valence electrons. The number of sulfonamides is 2. The van der Waals surface area contributed by atoms with Crippen molar-refractivity contribution in [2.24, 2.45) is 0 Å². The zero-order chi connectivity index (χ0) is 14.3. The minimum atomic E-state index is -3.42. The fourth-order valence-electron chi connectivity index (χ4n) is 1.82. The molecule has 0 saturated carbocycles. The monoisotopic (exact) mass is 306 g/mol. The van der Waals surface area contributed by atoms with Gasteiger partial charge in [0.25, 0.3) is 0 Å². The molecule has 1 N–H and O–H groups in total. The van der Waals surface area contributed by atoms with Crippen LogP contribution in [0.4, 0.5) is 11.4 Å². The van der Waals surface area contributed by atoms with Gasteiger partial charge < -0.3 is 4.74 Å². The SMILES string of the molecule is CS(=O)(=O)Nc1ccc2c(c1)N(S(C)(=O)=O)CCO2. The van der Waals surface area contributed by atoms with E-state index in [2.05, 4.69) is 4.72 Å². The van der Waals surface area contributed by atoms with Crippen molar-refractivity contribution < 1.29 is 21.6 Å². The highest BCUT2D eigenvalue weighted by Crippen LogP contribution is 2.35. The molecule has 0 fully saturated rings. The van der Waals surface area contributed by atoms with Crippen molar-refractivity contribution in [1.82, 2.24) is 0 Å². The number of nitrogens with one attached hydrogen (secondary N) is 1. The molecule has 7 nitrogen and oxygen atoms in total. The Balaban J connectivity index is 2.47. The van der Waals surface area contributed by atoms with Crippen molar-refractivity contribution in [2.45, 2.75) is 0 Å². The molecule has 0 aromatic heterocycles. The van der Waals surface area contributed by atoms with Crippen molar-refractivity contribution in [1.29, 1.82) is 0 Å². The summed E-state index contributed by atoms with van der Waals surface area (Å²) in [6.45, 7) is 0.465. The van der Waals surface area contributed by atoms with E-state index >= 15 is 0 Å². The van der Waals surface area contributed by atoms with Crippen molar-refractivity contribution in [3.05, 3.63) is 18.2 Å². The highest BCUT2D eigenvalue weighted by molar-refractivity contribution is 7.92. The van der Waals surface area contributed by atoms with Crippen LogP contribution < -0.4 is 13.8 Å². The second-order valence-corrected chi connectivity index (χ2v) is 7.90. The summed E-state index contributed by atoms with van der Waals surface area (Å²) in [6.07, 6.45) is 2.12. The van der Waals surface area contributed by atoms with E-state index in [1.54, 1.807) is 6.07 Å². The number of nitrogens with zero attached hydrogens (tertiary/aromatic N) is 1. The molecule has 0 atom stereocenters. The molecular formula is C10H14N2O5S2. The maximum Gasteiger partial charge on any atom is 0.232 e. The van der Waals surface area contributed by atoms with Crippen LogP contribution in [0.3, 0.4) is 0 Å². The van der Waals surface area contributed by atoms with E-state index in [9.17, 15) is 16.8 Å². The third kappa shape index (κ3) is 3.29. The molecule has 1 aliphatic heterocycles. The molecule has 0 spiro atoms. The first kappa shape index (κ1) is 13.9. The second kappa shape index (κ2) is 4.57. The van der Waals surface area contributed by atoms with Gasteiger partial charge in [-0.25, -0.2) is 16.8 Å². The topological polar surface area (TPSA) is 92.8 Å². The molecule has 0 radical (unpaired) electrons. The van der Waals surface area contributed by atoms with E-state index in [0.717, 1.165) is 12.5 Å². The molecule has 0 bridgehead atoms. The minimum absolute atomic E-state index is 0.203. The largest absolute Gasteiger partial charge is 0.489 e. The first-order valence-corrected chi connectivity index (χ1v) is 9.13.